The first-order chi connectivity index (χ1) is 15.0. The lowest BCUT2D eigenvalue weighted by atomic mass is 9.68. The Kier molecular flexibility index (Phi) is 8.09. The molecule has 0 saturated heterocycles. The lowest BCUT2D eigenvalue weighted by Gasteiger charge is -2.40. The third kappa shape index (κ3) is 5.86. The largest absolute Gasteiger partial charge is 0.449 e. The van der Waals surface area contributed by atoms with E-state index >= 15 is 0 Å². The summed E-state index contributed by atoms with van der Waals surface area (Å²) >= 11 is 0. The minimum absolute atomic E-state index is 0.0796. The highest BCUT2D eigenvalue weighted by atomic mass is 16.5. The average molecular weight is 433 g/mol. The second-order valence-electron chi connectivity index (χ2n) is 9.04. The van der Waals surface area contributed by atoms with Crippen LogP contribution in [0.25, 0.3) is 0 Å². The average Bonchev–Trinajstić information content (AvgIpc) is 3.41. The van der Waals surface area contributed by atoms with E-state index in [0.717, 1.165) is 64.2 Å². The van der Waals surface area contributed by atoms with Crippen molar-refractivity contribution >= 4 is 23.6 Å². The molecule has 1 aromatic heterocycles. The number of amides is 2. The van der Waals surface area contributed by atoms with Crippen LogP contribution in [0.1, 0.15) is 90.5 Å². The molecule has 31 heavy (non-hydrogen) atoms. The van der Waals surface area contributed by atoms with Crippen LogP contribution in [0.2, 0.25) is 0 Å². The molecular weight excluding hydrogens is 396 g/mol. The van der Waals surface area contributed by atoms with E-state index in [-0.39, 0.29) is 11.5 Å². The SMILES string of the molecule is CCCC[C@H](NC(=O)OCC1(CC)CCC1)C(=O)C(=O)Nc1ccnn1C1CCCC1. The van der Waals surface area contributed by atoms with Crippen LogP contribution in [0.15, 0.2) is 12.3 Å². The van der Waals surface area contributed by atoms with Crippen LogP contribution in [0.3, 0.4) is 0 Å². The Bertz CT molecular complexity index is 760. The van der Waals surface area contributed by atoms with Crippen molar-refractivity contribution in [2.45, 2.75) is 96.6 Å². The molecule has 172 valence electrons. The summed E-state index contributed by atoms with van der Waals surface area (Å²) in [4.78, 5) is 37.9. The van der Waals surface area contributed by atoms with Crippen molar-refractivity contribution in [3.05, 3.63) is 12.3 Å². The number of aromatic nitrogens is 2. The number of hydrogen-bond donors (Lipinski definition) is 2. The molecule has 2 fully saturated rings. The van der Waals surface area contributed by atoms with Gasteiger partial charge in [-0.1, -0.05) is 46.0 Å². The lowest BCUT2D eigenvalue weighted by Crippen LogP contribution is -2.47. The van der Waals surface area contributed by atoms with E-state index < -0.39 is 23.8 Å². The Morgan fingerprint density at radius 2 is 1.97 bits per heavy atom. The van der Waals surface area contributed by atoms with Crippen molar-refractivity contribution in [2.24, 2.45) is 5.41 Å². The summed E-state index contributed by atoms with van der Waals surface area (Å²) in [6.45, 7) is 4.47. The van der Waals surface area contributed by atoms with Gasteiger partial charge in [-0.15, -0.1) is 0 Å². The van der Waals surface area contributed by atoms with Gasteiger partial charge < -0.3 is 15.4 Å². The Morgan fingerprint density at radius 1 is 1.23 bits per heavy atom. The Hall–Kier alpha value is -2.38. The fourth-order valence-electron chi connectivity index (χ4n) is 4.55. The number of carbonyl (C=O) groups is 3. The summed E-state index contributed by atoms with van der Waals surface area (Å²) in [7, 11) is 0. The first-order valence-corrected chi connectivity index (χ1v) is 11.8. The van der Waals surface area contributed by atoms with Crippen molar-refractivity contribution < 1.29 is 19.1 Å². The molecule has 2 aliphatic rings. The first kappa shape index (κ1) is 23.3. The van der Waals surface area contributed by atoms with Gasteiger partial charge in [0.25, 0.3) is 5.91 Å². The third-order valence-corrected chi connectivity index (χ3v) is 6.93. The standard InChI is InChI=1S/C23H36N4O4/c1-3-5-11-18(25-22(30)31-16-23(4-2)13-8-14-23)20(28)21(29)26-19-12-15-24-27(19)17-9-6-7-10-17/h12,15,17-18H,3-11,13-14,16H2,1-2H3,(H,25,30)(H,26,29)/t18-/m0/s1. The summed E-state index contributed by atoms with van der Waals surface area (Å²) < 4.78 is 7.22. The topological polar surface area (TPSA) is 102 Å². The highest BCUT2D eigenvalue weighted by molar-refractivity contribution is 6.42. The summed E-state index contributed by atoms with van der Waals surface area (Å²) in [6, 6.07) is 1.06. The summed E-state index contributed by atoms with van der Waals surface area (Å²) in [5.41, 5.74) is 0.0796. The number of nitrogens with zero attached hydrogens (tertiary/aromatic N) is 2. The zero-order chi connectivity index (χ0) is 22.3. The Balaban J connectivity index is 1.57. The molecule has 0 aromatic carbocycles. The highest BCUT2D eigenvalue weighted by Crippen LogP contribution is 2.43. The van der Waals surface area contributed by atoms with Gasteiger partial charge in [0.05, 0.1) is 18.8 Å². The van der Waals surface area contributed by atoms with Gasteiger partial charge >= 0.3 is 6.09 Å². The minimum atomic E-state index is -0.894. The maximum Gasteiger partial charge on any atom is 0.407 e. The smallest absolute Gasteiger partial charge is 0.407 e. The molecule has 0 unspecified atom stereocenters. The quantitative estimate of drug-likeness (QED) is 0.506. The first-order valence-electron chi connectivity index (χ1n) is 11.8. The maximum absolute atomic E-state index is 12.9. The predicted octanol–water partition coefficient (Wildman–Crippen LogP) is 4.37. The van der Waals surface area contributed by atoms with Crippen LogP contribution in [0, 0.1) is 5.41 Å². The van der Waals surface area contributed by atoms with Gasteiger partial charge in [0.1, 0.15) is 11.9 Å². The van der Waals surface area contributed by atoms with E-state index in [4.69, 9.17) is 4.74 Å². The van der Waals surface area contributed by atoms with Gasteiger partial charge in [0.15, 0.2) is 0 Å². The number of Topliss-reactive ketones (excluding diaryl/α,β-unsaturated/α-hetero) is 1. The van der Waals surface area contributed by atoms with E-state index in [1.807, 2.05) is 6.92 Å². The Labute approximate surface area is 184 Å². The number of nitrogens with one attached hydrogen (secondary N) is 2. The molecule has 1 atom stereocenters. The summed E-state index contributed by atoms with van der Waals surface area (Å²) in [6.07, 6.45) is 11.6. The number of hydrogen-bond acceptors (Lipinski definition) is 5. The van der Waals surface area contributed by atoms with Gasteiger partial charge in [-0.2, -0.15) is 5.10 Å². The molecule has 0 spiro atoms. The van der Waals surface area contributed by atoms with Crippen molar-refractivity contribution in [1.82, 2.24) is 15.1 Å². The molecule has 2 saturated carbocycles. The Morgan fingerprint density at radius 3 is 2.58 bits per heavy atom. The van der Waals surface area contributed by atoms with Crippen LogP contribution in [0.5, 0.6) is 0 Å². The fraction of sp³-hybridized carbons (Fsp3) is 0.739. The molecule has 0 radical (unpaired) electrons. The molecule has 0 bridgehead atoms. The van der Waals surface area contributed by atoms with Crippen molar-refractivity contribution in [3.8, 4) is 0 Å². The van der Waals surface area contributed by atoms with Crippen LogP contribution >= 0.6 is 0 Å². The zero-order valence-electron chi connectivity index (χ0n) is 18.8. The van der Waals surface area contributed by atoms with E-state index in [1.54, 1.807) is 16.9 Å². The lowest BCUT2D eigenvalue weighted by molar-refractivity contribution is -0.136. The van der Waals surface area contributed by atoms with Crippen LogP contribution < -0.4 is 10.6 Å². The minimum Gasteiger partial charge on any atom is -0.449 e. The molecule has 2 amide bonds. The molecule has 8 nitrogen and oxygen atoms in total. The van der Waals surface area contributed by atoms with Crippen LogP contribution in [0.4, 0.5) is 10.6 Å². The molecule has 3 rings (SSSR count). The van der Waals surface area contributed by atoms with E-state index in [2.05, 4.69) is 22.7 Å². The number of alkyl carbamates (subject to hydrolysis) is 1. The molecule has 8 heteroatoms. The number of unbranched alkanes of at least 4 members (excludes halogenated alkanes) is 1. The molecule has 1 heterocycles. The maximum atomic E-state index is 12.9. The normalized spacial score (nSPS) is 18.8. The third-order valence-electron chi connectivity index (χ3n) is 6.93. The van der Waals surface area contributed by atoms with Crippen molar-refractivity contribution in [2.75, 3.05) is 11.9 Å². The van der Waals surface area contributed by atoms with E-state index in [9.17, 15) is 14.4 Å². The zero-order valence-corrected chi connectivity index (χ0v) is 18.8. The highest BCUT2D eigenvalue weighted by Gasteiger charge is 2.37. The van der Waals surface area contributed by atoms with Crippen molar-refractivity contribution in [3.63, 3.8) is 0 Å². The van der Waals surface area contributed by atoms with Gasteiger partial charge in [0, 0.05) is 11.5 Å². The number of ether oxygens (including phenoxy) is 1. The fourth-order valence-corrected chi connectivity index (χ4v) is 4.55. The van der Waals surface area contributed by atoms with Gasteiger partial charge in [-0.25, -0.2) is 9.48 Å². The second-order valence-corrected chi connectivity index (χ2v) is 9.04. The van der Waals surface area contributed by atoms with Crippen LogP contribution in [-0.2, 0) is 14.3 Å². The predicted molar refractivity (Wildman–Crippen MR) is 118 cm³/mol. The summed E-state index contributed by atoms with van der Waals surface area (Å²) in [5, 5.41) is 9.66. The molecular formula is C23H36N4O4. The van der Waals surface area contributed by atoms with Gasteiger partial charge in [-0.3, -0.25) is 9.59 Å². The molecule has 2 aliphatic carbocycles. The van der Waals surface area contributed by atoms with E-state index in [1.165, 1.54) is 0 Å². The van der Waals surface area contributed by atoms with Crippen LogP contribution in [-0.4, -0.2) is 40.2 Å². The molecule has 0 aliphatic heterocycles. The van der Waals surface area contributed by atoms with Gasteiger partial charge in [-0.05, 0) is 38.5 Å². The number of rotatable bonds is 11. The van der Waals surface area contributed by atoms with Crippen molar-refractivity contribution in [1.29, 1.82) is 0 Å². The van der Waals surface area contributed by atoms with Gasteiger partial charge in [0.2, 0.25) is 5.78 Å². The number of anilines is 1. The summed E-state index contributed by atoms with van der Waals surface area (Å²) in [5.74, 6) is -0.861. The second kappa shape index (κ2) is 10.8. The number of carbonyl (C=O) groups excluding carboxylic acids is 3. The van der Waals surface area contributed by atoms with E-state index in [0.29, 0.717) is 18.8 Å². The molecule has 2 N–H and O–H groups in total. The monoisotopic (exact) mass is 432 g/mol. The number of ketones is 1. The molecule has 1 aromatic rings.